The summed E-state index contributed by atoms with van der Waals surface area (Å²) in [4.78, 5) is 16.4. The van der Waals surface area contributed by atoms with Crippen LogP contribution < -0.4 is 10.6 Å². The molecule has 1 aromatic heterocycles. The van der Waals surface area contributed by atoms with Crippen molar-refractivity contribution in [1.29, 1.82) is 5.26 Å². The van der Waals surface area contributed by atoms with Gasteiger partial charge in [-0.1, -0.05) is 6.07 Å². The van der Waals surface area contributed by atoms with Crippen molar-refractivity contribution in [3.63, 3.8) is 0 Å². The summed E-state index contributed by atoms with van der Waals surface area (Å²) in [5.41, 5.74) is 2.83. The van der Waals surface area contributed by atoms with E-state index in [1.165, 1.54) is 0 Å². The molecule has 1 aromatic carbocycles. The molecular weight excluding hydrogens is 326 g/mol. The topological polar surface area (TPSA) is 99.9 Å². The van der Waals surface area contributed by atoms with Crippen LogP contribution in [0, 0.1) is 11.3 Å². The van der Waals surface area contributed by atoms with Crippen molar-refractivity contribution in [2.24, 2.45) is 0 Å². The average molecular weight is 343 g/mol. The molecule has 0 fully saturated rings. The van der Waals surface area contributed by atoms with E-state index in [9.17, 15) is 4.79 Å². The largest absolute Gasteiger partial charge is 0.374 e. The van der Waals surface area contributed by atoms with E-state index >= 15 is 0 Å². The van der Waals surface area contributed by atoms with E-state index in [0.717, 1.165) is 35.5 Å². The monoisotopic (exact) mass is 343 g/mol. The van der Waals surface area contributed by atoms with Gasteiger partial charge >= 0.3 is 6.03 Å². The molecular formula is C16H17N5O2S. The van der Waals surface area contributed by atoms with Crippen LogP contribution in [0.15, 0.2) is 18.2 Å². The lowest BCUT2D eigenvalue weighted by Gasteiger charge is -2.14. The van der Waals surface area contributed by atoms with E-state index in [1.807, 2.05) is 19.1 Å². The van der Waals surface area contributed by atoms with Gasteiger partial charge in [0.2, 0.25) is 5.13 Å². The molecule has 0 saturated heterocycles. The Balaban J connectivity index is 1.63. The van der Waals surface area contributed by atoms with Crippen LogP contribution >= 0.6 is 11.5 Å². The molecule has 124 valence electrons. The highest BCUT2D eigenvalue weighted by molar-refractivity contribution is 7.09. The molecule has 2 atom stereocenters. The number of hydrogen-bond acceptors (Lipinski definition) is 6. The fourth-order valence-electron chi connectivity index (χ4n) is 2.68. The SMILES string of the molecule is COC(C)c1nsc(NC(=O)NC2CCc3cc(C#N)ccc32)n1. The summed E-state index contributed by atoms with van der Waals surface area (Å²) in [6.07, 6.45) is 1.46. The Bertz CT molecular complexity index is 798. The van der Waals surface area contributed by atoms with Gasteiger partial charge in [0, 0.05) is 18.6 Å². The van der Waals surface area contributed by atoms with Gasteiger partial charge in [0.25, 0.3) is 0 Å². The summed E-state index contributed by atoms with van der Waals surface area (Å²) < 4.78 is 9.31. The predicted molar refractivity (Wildman–Crippen MR) is 89.7 cm³/mol. The zero-order valence-corrected chi connectivity index (χ0v) is 14.2. The number of benzene rings is 1. The molecule has 8 heteroatoms. The maximum absolute atomic E-state index is 12.2. The number of hydrogen-bond donors (Lipinski definition) is 2. The fraction of sp³-hybridized carbons (Fsp3) is 0.375. The van der Waals surface area contributed by atoms with E-state index in [4.69, 9.17) is 10.00 Å². The molecule has 0 saturated carbocycles. The number of nitriles is 1. The summed E-state index contributed by atoms with van der Waals surface area (Å²) in [6.45, 7) is 1.84. The minimum Gasteiger partial charge on any atom is -0.374 e. The highest BCUT2D eigenvalue weighted by Crippen LogP contribution is 2.31. The van der Waals surface area contributed by atoms with Gasteiger partial charge in [-0.3, -0.25) is 5.32 Å². The summed E-state index contributed by atoms with van der Waals surface area (Å²) in [5, 5.41) is 15.0. The standard InChI is InChI=1S/C16H17N5O2S/c1-9(23-2)14-19-16(24-21-14)20-15(22)18-13-6-4-11-7-10(8-17)3-5-12(11)13/h3,5,7,9,13H,4,6H2,1-2H3,(H2,18,19,20,21,22). The van der Waals surface area contributed by atoms with Gasteiger partial charge in [-0.25, -0.2) is 9.78 Å². The van der Waals surface area contributed by atoms with Gasteiger partial charge in [0.1, 0.15) is 6.10 Å². The number of nitrogens with zero attached hydrogens (tertiary/aromatic N) is 3. The fourth-order valence-corrected chi connectivity index (χ4v) is 3.33. The number of fused-ring (bicyclic) bond motifs is 1. The van der Waals surface area contributed by atoms with Crippen molar-refractivity contribution in [2.45, 2.75) is 31.9 Å². The molecule has 0 radical (unpaired) electrons. The zero-order chi connectivity index (χ0) is 17.1. The number of amides is 2. The van der Waals surface area contributed by atoms with E-state index in [-0.39, 0.29) is 18.2 Å². The van der Waals surface area contributed by atoms with Crippen molar-refractivity contribution in [1.82, 2.24) is 14.7 Å². The van der Waals surface area contributed by atoms with E-state index in [1.54, 1.807) is 13.2 Å². The second-order valence-corrected chi connectivity index (χ2v) is 6.30. The number of methoxy groups -OCH3 is 1. The lowest BCUT2D eigenvalue weighted by atomic mass is 10.1. The first-order valence-electron chi connectivity index (χ1n) is 7.57. The Labute approximate surface area is 143 Å². The van der Waals surface area contributed by atoms with Crippen LogP contribution in [0.1, 0.15) is 48.0 Å². The van der Waals surface area contributed by atoms with E-state index in [0.29, 0.717) is 16.5 Å². The van der Waals surface area contributed by atoms with Crippen LogP contribution in [0.25, 0.3) is 0 Å². The van der Waals surface area contributed by atoms with Crippen LogP contribution in [-0.4, -0.2) is 22.5 Å². The van der Waals surface area contributed by atoms with Gasteiger partial charge in [0.05, 0.1) is 17.7 Å². The van der Waals surface area contributed by atoms with E-state index < -0.39 is 0 Å². The molecule has 0 aliphatic heterocycles. The molecule has 2 amide bonds. The van der Waals surface area contributed by atoms with Crippen LogP contribution in [0.4, 0.5) is 9.93 Å². The molecule has 7 nitrogen and oxygen atoms in total. The predicted octanol–water partition coefficient (Wildman–Crippen LogP) is 2.93. The summed E-state index contributed by atoms with van der Waals surface area (Å²) in [7, 11) is 1.58. The highest BCUT2D eigenvalue weighted by atomic mass is 32.1. The third-order valence-corrected chi connectivity index (χ3v) is 4.68. The molecule has 1 aliphatic rings. The second-order valence-electron chi connectivity index (χ2n) is 5.55. The van der Waals surface area contributed by atoms with Crippen molar-refractivity contribution in [2.75, 3.05) is 12.4 Å². The molecule has 2 unspecified atom stereocenters. The highest BCUT2D eigenvalue weighted by Gasteiger charge is 2.24. The quantitative estimate of drug-likeness (QED) is 0.889. The zero-order valence-electron chi connectivity index (χ0n) is 13.4. The Hall–Kier alpha value is -2.50. The second kappa shape index (κ2) is 6.95. The Morgan fingerprint density at radius 2 is 2.38 bits per heavy atom. The normalized spacial score (nSPS) is 17.0. The van der Waals surface area contributed by atoms with Crippen LogP contribution in [0.2, 0.25) is 0 Å². The van der Waals surface area contributed by atoms with Crippen molar-refractivity contribution >= 4 is 22.7 Å². The smallest absolute Gasteiger partial charge is 0.321 e. The molecule has 3 rings (SSSR count). The maximum atomic E-state index is 12.2. The minimum atomic E-state index is -0.315. The number of anilines is 1. The molecule has 2 N–H and O–H groups in total. The molecule has 2 aromatic rings. The Kier molecular flexibility index (Phi) is 4.74. The van der Waals surface area contributed by atoms with Gasteiger partial charge in [-0.15, -0.1) is 0 Å². The number of urea groups is 1. The summed E-state index contributed by atoms with van der Waals surface area (Å²) in [5.74, 6) is 0.549. The lowest BCUT2D eigenvalue weighted by Crippen LogP contribution is -2.31. The summed E-state index contributed by atoms with van der Waals surface area (Å²) in [6, 6.07) is 7.34. The van der Waals surface area contributed by atoms with Gasteiger partial charge < -0.3 is 10.1 Å². The lowest BCUT2D eigenvalue weighted by molar-refractivity contribution is 0.113. The first-order valence-corrected chi connectivity index (χ1v) is 8.35. The first kappa shape index (κ1) is 16.4. The third-order valence-electron chi connectivity index (χ3n) is 4.03. The van der Waals surface area contributed by atoms with Crippen LogP contribution in [0.3, 0.4) is 0 Å². The number of nitrogens with one attached hydrogen (secondary N) is 2. The number of carbonyl (C=O) groups is 1. The van der Waals surface area contributed by atoms with E-state index in [2.05, 4.69) is 26.1 Å². The number of aromatic nitrogens is 2. The number of aryl methyl sites for hydroxylation is 1. The van der Waals surface area contributed by atoms with Gasteiger partial charge in [-0.2, -0.15) is 9.64 Å². The molecule has 1 heterocycles. The minimum absolute atomic E-state index is 0.0574. The molecule has 0 bridgehead atoms. The van der Waals surface area contributed by atoms with Gasteiger partial charge in [0.15, 0.2) is 5.82 Å². The van der Waals surface area contributed by atoms with Crippen LogP contribution in [0.5, 0.6) is 0 Å². The Morgan fingerprint density at radius 1 is 1.54 bits per heavy atom. The third kappa shape index (κ3) is 3.37. The van der Waals surface area contributed by atoms with Crippen LogP contribution in [-0.2, 0) is 11.2 Å². The molecule has 24 heavy (non-hydrogen) atoms. The number of rotatable bonds is 4. The number of ether oxygens (including phenoxy) is 1. The molecule has 1 aliphatic carbocycles. The molecule has 0 spiro atoms. The average Bonchev–Trinajstić information content (AvgIpc) is 3.21. The first-order chi connectivity index (χ1) is 11.6. The number of carbonyl (C=O) groups excluding carboxylic acids is 1. The van der Waals surface area contributed by atoms with Crippen molar-refractivity contribution in [3.05, 3.63) is 40.7 Å². The Morgan fingerprint density at radius 3 is 3.12 bits per heavy atom. The van der Waals surface area contributed by atoms with Crippen molar-refractivity contribution in [3.8, 4) is 6.07 Å². The summed E-state index contributed by atoms with van der Waals surface area (Å²) >= 11 is 1.12. The van der Waals surface area contributed by atoms with Crippen molar-refractivity contribution < 1.29 is 9.53 Å². The van der Waals surface area contributed by atoms with Gasteiger partial charge in [-0.05, 0) is 43.0 Å². The maximum Gasteiger partial charge on any atom is 0.321 e.